The number of hydrazone groups is 1. The van der Waals surface area contributed by atoms with Crippen molar-refractivity contribution in [1.29, 1.82) is 0 Å². The molecular weight excluding hydrogens is 366 g/mol. The van der Waals surface area contributed by atoms with Crippen LogP contribution in [0.4, 0.5) is 0 Å². The number of hydrogen-bond donors (Lipinski definition) is 0. The summed E-state index contributed by atoms with van der Waals surface area (Å²) in [6.45, 7) is 2.54. The smallest absolute Gasteiger partial charge is 0.243 e. The number of benzene rings is 2. The van der Waals surface area contributed by atoms with E-state index in [1.807, 2.05) is 61.5 Å². The van der Waals surface area contributed by atoms with Crippen molar-refractivity contribution in [3.05, 3.63) is 65.7 Å². The fourth-order valence-corrected chi connectivity index (χ4v) is 3.31. The van der Waals surface area contributed by atoms with Crippen molar-refractivity contribution in [3.8, 4) is 5.75 Å². The first-order valence-corrected chi connectivity index (χ1v) is 9.82. The number of hydrogen-bond acceptors (Lipinski definition) is 4. The van der Waals surface area contributed by atoms with Gasteiger partial charge in [-0.3, -0.25) is 9.59 Å². The number of rotatable bonds is 7. The van der Waals surface area contributed by atoms with E-state index in [1.165, 1.54) is 5.01 Å². The van der Waals surface area contributed by atoms with E-state index in [1.54, 1.807) is 19.1 Å². The molecule has 3 rings (SSSR count). The molecule has 1 heterocycles. The van der Waals surface area contributed by atoms with Gasteiger partial charge in [0.05, 0.1) is 25.4 Å². The lowest BCUT2D eigenvalue weighted by atomic mass is 10.1. The van der Waals surface area contributed by atoms with Crippen molar-refractivity contribution < 1.29 is 14.3 Å². The van der Waals surface area contributed by atoms with Gasteiger partial charge in [-0.2, -0.15) is 5.10 Å². The molecule has 29 heavy (non-hydrogen) atoms. The fourth-order valence-electron chi connectivity index (χ4n) is 3.31. The van der Waals surface area contributed by atoms with Crippen molar-refractivity contribution in [2.45, 2.75) is 32.2 Å². The van der Waals surface area contributed by atoms with Crippen LogP contribution in [0, 0.1) is 0 Å². The minimum atomic E-state index is -0.116. The van der Waals surface area contributed by atoms with Crippen molar-refractivity contribution in [2.24, 2.45) is 5.10 Å². The molecule has 0 radical (unpaired) electrons. The Balaban J connectivity index is 1.53. The summed E-state index contributed by atoms with van der Waals surface area (Å²) in [7, 11) is 3.39. The zero-order chi connectivity index (χ0) is 20.8. The summed E-state index contributed by atoms with van der Waals surface area (Å²) >= 11 is 0. The van der Waals surface area contributed by atoms with Crippen LogP contribution in [0.1, 0.15) is 43.4 Å². The van der Waals surface area contributed by atoms with Crippen molar-refractivity contribution in [1.82, 2.24) is 9.91 Å². The molecule has 6 heteroatoms. The summed E-state index contributed by atoms with van der Waals surface area (Å²) < 4.78 is 5.17. The van der Waals surface area contributed by atoms with Gasteiger partial charge in [0.15, 0.2) is 0 Å². The van der Waals surface area contributed by atoms with Gasteiger partial charge in [0.1, 0.15) is 5.75 Å². The van der Waals surface area contributed by atoms with Gasteiger partial charge in [-0.05, 0) is 30.2 Å². The van der Waals surface area contributed by atoms with Gasteiger partial charge in [-0.25, -0.2) is 5.01 Å². The van der Waals surface area contributed by atoms with E-state index in [4.69, 9.17) is 4.74 Å². The predicted molar refractivity (Wildman–Crippen MR) is 113 cm³/mol. The molecule has 1 unspecified atom stereocenters. The minimum absolute atomic E-state index is 0.0619. The molecule has 2 aromatic rings. The van der Waals surface area contributed by atoms with Crippen LogP contribution in [0.3, 0.4) is 0 Å². The summed E-state index contributed by atoms with van der Waals surface area (Å²) in [6, 6.07) is 17.4. The third kappa shape index (κ3) is 5.02. The largest absolute Gasteiger partial charge is 0.497 e. The first kappa shape index (κ1) is 20.6. The van der Waals surface area contributed by atoms with Crippen molar-refractivity contribution >= 4 is 17.5 Å². The van der Waals surface area contributed by atoms with Gasteiger partial charge >= 0.3 is 0 Å². The summed E-state index contributed by atoms with van der Waals surface area (Å²) in [5.74, 6) is 0.601. The molecule has 1 aliphatic rings. The lowest BCUT2D eigenvalue weighted by Gasteiger charge is -2.25. The van der Waals surface area contributed by atoms with E-state index in [2.05, 4.69) is 5.10 Å². The van der Waals surface area contributed by atoms with E-state index >= 15 is 0 Å². The molecule has 2 aromatic carbocycles. The summed E-state index contributed by atoms with van der Waals surface area (Å²) in [6.07, 6.45) is 1.06. The van der Waals surface area contributed by atoms with Gasteiger partial charge in [0.25, 0.3) is 0 Å². The Bertz CT molecular complexity index is 878. The van der Waals surface area contributed by atoms with E-state index in [0.29, 0.717) is 6.54 Å². The second kappa shape index (κ2) is 9.37. The SMILES string of the molecule is COc1ccc(C(C)N(C)C(=O)CCC(=O)N2CCC(c3ccccc3)=N2)cc1. The molecule has 152 valence electrons. The molecule has 0 saturated heterocycles. The molecule has 6 nitrogen and oxygen atoms in total. The highest BCUT2D eigenvalue weighted by atomic mass is 16.5. The lowest BCUT2D eigenvalue weighted by Crippen LogP contribution is -2.31. The van der Waals surface area contributed by atoms with E-state index in [0.717, 1.165) is 29.0 Å². The van der Waals surface area contributed by atoms with Gasteiger partial charge in [-0.1, -0.05) is 42.5 Å². The Morgan fingerprint density at radius 2 is 1.79 bits per heavy atom. The maximum atomic E-state index is 12.6. The summed E-state index contributed by atoms with van der Waals surface area (Å²) in [5, 5.41) is 5.93. The average Bonchev–Trinajstić information content (AvgIpc) is 3.27. The van der Waals surface area contributed by atoms with Crippen LogP contribution in [-0.2, 0) is 9.59 Å². The molecule has 2 amide bonds. The number of carbonyl (C=O) groups is 2. The van der Waals surface area contributed by atoms with Gasteiger partial charge < -0.3 is 9.64 Å². The number of methoxy groups -OCH3 is 1. The number of amides is 2. The first-order valence-electron chi connectivity index (χ1n) is 9.82. The normalized spacial score (nSPS) is 14.3. The Morgan fingerprint density at radius 1 is 1.10 bits per heavy atom. The lowest BCUT2D eigenvalue weighted by molar-refractivity contribution is -0.137. The van der Waals surface area contributed by atoms with E-state index < -0.39 is 0 Å². The average molecular weight is 393 g/mol. The number of ether oxygens (including phenoxy) is 1. The molecule has 0 bridgehead atoms. The first-order chi connectivity index (χ1) is 14.0. The number of carbonyl (C=O) groups excluding carboxylic acids is 2. The van der Waals surface area contributed by atoms with Crippen LogP contribution in [0.2, 0.25) is 0 Å². The van der Waals surface area contributed by atoms with Crippen LogP contribution >= 0.6 is 0 Å². The molecule has 0 saturated carbocycles. The Labute approximate surface area is 171 Å². The quantitative estimate of drug-likeness (QED) is 0.722. The fraction of sp³-hybridized carbons (Fsp3) is 0.348. The summed E-state index contributed by atoms with van der Waals surface area (Å²) in [4.78, 5) is 26.8. The van der Waals surface area contributed by atoms with Crippen LogP contribution in [0.25, 0.3) is 0 Å². The highest BCUT2D eigenvalue weighted by molar-refractivity contribution is 6.02. The monoisotopic (exact) mass is 393 g/mol. The Hall–Kier alpha value is -3.15. The Kier molecular flexibility index (Phi) is 6.65. The molecule has 1 aliphatic heterocycles. The van der Waals surface area contributed by atoms with Gasteiger partial charge in [0.2, 0.25) is 11.8 Å². The van der Waals surface area contributed by atoms with E-state index in [9.17, 15) is 9.59 Å². The van der Waals surface area contributed by atoms with E-state index in [-0.39, 0.29) is 30.7 Å². The van der Waals surface area contributed by atoms with Crippen LogP contribution in [0.5, 0.6) is 5.75 Å². The maximum Gasteiger partial charge on any atom is 0.243 e. The zero-order valence-electron chi connectivity index (χ0n) is 17.2. The minimum Gasteiger partial charge on any atom is -0.497 e. The molecule has 1 atom stereocenters. The third-order valence-corrected chi connectivity index (χ3v) is 5.32. The molecule has 0 aliphatic carbocycles. The second-order valence-corrected chi connectivity index (χ2v) is 7.13. The van der Waals surface area contributed by atoms with Crippen molar-refractivity contribution in [3.63, 3.8) is 0 Å². The van der Waals surface area contributed by atoms with Crippen LogP contribution in [-0.4, -0.2) is 48.1 Å². The number of nitrogens with zero attached hydrogens (tertiary/aromatic N) is 3. The van der Waals surface area contributed by atoms with Crippen LogP contribution < -0.4 is 4.74 Å². The summed E-state index contributed by atoms with van der Waals surface area (Å²) in [5.41, 5.74) is 2.96. The van der Waals surface area contributed by atoms with Crippen molar-refractivity contribution in [2.75, 3.05) is 20.7 Å². The molecule has 0 fully saturated rings. The molecular formula is C23H27N3O3. The van der Waals surface area contributed by atoms with Gasteiger partial charge in [-0.15, -0.1) is 0 Å². The maximum absolute atomic E-state index is 12.6. The predicted octanol–water partition coefficient (Wildman–Crippen LogP) is 3.63. The zero-order valence-corrected chi connectivity index (χ0v) is 17.2. The molecule has 0 N–H and O–H groups in total. The topological polar surface area (TPSA) is 62.2 Å². The molecule has 0 aromatic heterocycles. The third-order valence-electron chi connectivity index (χ3n) is 5.32. The second-order valence-electron chi connectivity index (χ2n) is 7.13. The molecule has 0 spiro atoms. The van der Waals surface area contributed by atoms with Gasteiger partial charge in [0, 0.05) is 26.3 Å². The standard InChI is InChI=1S/C23H27N3O3/c1-17(18-9-11-20(29-3)12-10-18)25(2)22(27)13-14-23(28)26-16-15-21(24-26)19-7-5-4-6-8-19/h4-12,17H,13-16H2,1-3H3. The van der Waals surface area contributed by atoms with Crippen LogP contribution in [0.15, 0.2) is 59.7 Å². The highest BCUT2D eigenvalue weighted by Gasteiger charge is 2.23. The Morgan fingerprint density at radius 3 is 2.45 bits per heavy atom. The highest BCUT2D eigenvalue weighted by Crippen LogP contribution is 2.22.